The van der Waals surface area contributed by atoms with Gasteiger partial charge in [-0.05, 0) is 31.8 Å². The quantitative estimate of drug-likeness (QED) is 0.0870. The van der Waals surface area contributed by atoms with Crippen molar-refractivity contribution >= 4 is 108 Å². The fraction of sp³-hybridized carbons (Fsp3) is 0.312. The number of rotatable bonds is 11. The van der Waals surface area contributed by atoms with Crippen LogP contribution in [0.25, 0.3) is 0 Å². The first kappa shape index (κ1) is 51.8. The summed E-state index contributed by atoms with van der Waals surface area (Å²) in [6.07, 6.45) is 7.91. The second kappa shape index (κ2) is 30.0. The Morgan fingerprint density at radius 3 is 1.59 bits per heavy atom. The van der Waals surface area contributed by atoms with Gasteiger partial charge in [-0.1, -0.05) is 67.2 Å². The van der Waals surface area contributed by atoms with Crippen molar-refractivity contribution < 1.29 is 38.5 Å². The van der Waals surface area contributed by atoms with Gasteiger partial charge in [0.25, 0.3) is 0 Å². The first-order valence-electron chi connectivity index (χ1n) is 15.8. The van der Waals surface area contributed by atoms with Crippen LogP contribution in [0.1, 0.15) is 53.1 Å². The van der Waals surface area contributed by atoms with E-state index in [2.05, 4.69) is 70.4 Å². The number of esters is 2. The predicted molar refractivity (Wildman–Crippen MR) is 217 cm³/mol. The molecule has 1 unspecified atom stereocenters. The molecule has 0 aliphatic rings. The molecule has 4 aromatic heterocycles. The molecule has 0 aliphatic carbocycles. The zero-order valence-electron chi connectivity index (χ0n) is 30.6. The van der Waals surface area contributed by atoms with E-state index in [9.17, 15) is 19.2 Å². The number of nitrogen functional groups attached to an aromatic ring is 1. The summed E-state index contributed by atoms with van der Waals surface area (Å²) in [6, 6.07) is 2.95. The van der Waals surface area contributed by atoms with Crippen LogP contribution >= 0.6 is 65.5 Å². The molecule has 302 valence electrons. The van der Waals surface area contributed by atoms with Gasteiger partial charge in [0.15, 0.2) is 23.0 Å². The number of hydrogen-bond donors (Lipinski definition) is 3. The van der Waals surface area contributed by atoms with Crippen LogP contribution < -0.4 is 11.1 Å². The van der Waals surface area contributed by atoms with Gasteiger partial charge in [-0.2, -0.15) is 0 Å². The Hall–Kier alpha value is -4.16. The number of methoxy groups -OCH3 is 2. The van der Waals surface area contributed by atoms with Crippen LogP contribution in [0, 0.1) is 0 Å². The molecule has 17 nitrogen and oxygen atoms in total. The molecule has 0 aromatic carbocycles. The molecule has 56 heavy (non-hydrogen) atoms. The third-order valence-electron chi connectivity index (χ3n) is 6.24. The van der Waals surface area contributed by atoms with E-state index in [1.54, 1.807) is 0 Å². The Morgan fingerprint density at radius 1 is 0.768 bits per heavy atom. The van der Waals surface area contributed by atoms with Crippen molar-refractivity contribution in [3.05, 3.63) is 92.2 Å². The van der Waals surface area contributed by atoms with Gasteiger partial charge >= 0.3 is 48.5 Å². The number of anilines is 2. The zero-order chi connectivity index (χ0) is 42.6. The van der Waals surface area contributed by atoms with Gasteiger partial charge in [0, 0.05) is 37.2 Å². The van der Waals surface area contributed by atoms with Crippen LogP contribution in [0.3, 0.4) is 0 Å². The van der Waals surface area contributed by atoms with Gasteiger partial charge < -0.3 is 30.5 Å². The SMILES string of the molecule is CCN(CC)CC.COC(=O)c1nccnc1N.COC(=O)c1nccnc1NC(=O)Cc1ncc(Cl)cc1Cl.O=BPCl.O=C(O)Cc1ncc(Cl)cc1Cl. The summed E-state index contributed by atoms with van der Waals surface area (Å²) in [5.74, 6) is -2.61. The largest absolute Gasteiger partial charge is 0.481 e. The molecule has 4 aromatic rings. The Morgan fingerprint density at radius 2 is 1.20 bits per heavy atom. The van der Waals surface area contributed by atoms with Crippen LogP contribution in [0.2, 0.25) is 20.1 Å². The molecule has 0 aliphatic heterocycles. The average Bonchev–Trinajstić information content (AvgIpc) is 3.18. The normalized spacial score (nSPS) is 9.77. The number of pyridine rings is 2. The minimum absolute atomic E-state index is 0.00411. The molecule has 0 radical (unpaired) electrons. The third kappa shape index (κ3) is 21.2. The summed E-state index contributed by atoms with van der Waals surface area (Å²) in [6.45, 7) is 10.8. The minimum atomic E-state index is -0.966. The number of carbonyl (C=O) groups is 4. The number of nitrogens with zero attached hydrogens (tertiary/aromatic N) is 7. The number of aromatic nitrogens is 6. The standard InChI is InChI=1S/C13H10Cl2N4O3.C7H5Cl2NO2.C6H7N3O2.C6H15N.BClHOP/c1-22-13(21)11-12(17-3-2-16-11)19-10(20)5-9-8(15)4-7(14)6-18-9;8-4-1-5(9)6(10-3-4)2-7(11)12;1-11-6(10)4-5(7)9-3-2-8-4;1-4-7(5-2)6-3;2-4-1-3/h2-4,6H,5H2,1H3,(H,17,19,20);1,3H,2H2,(H,11,12);2-3H,1H3,(H2,7,9);4-6H2,1-3H3;4H. The average molecular weight is 896 g/mol. The predicted octanol–water partition coefficient (Wildman–Crippen LogP) is 6.14. The van der Waals surface area contributed by atoms with Gasteiger partial charge in [0.05, 0.1) is 58.5 Å². The number of amides is 1. The van der Waals surface area contributed by atoms with Gasteiger partial charge in [-0.15, -0.1) is 0 Å². The second-order valence-electron chi connectivity index (χ2n) is 9.83. The van der Waals surface area contributed by atoms with Crippen LogP contribution in [-0.2, 0) is 36.6 Å². The van der Waals surface area contributed by atoms with Crippen molar-refractivity contribution in [2.75, 3.05) is 44.9 Å². The molecule has 0 saturated heterocycles. The number of carbonyl (C=O) groups excluding carboxylic acids is 3. The number of nitrogens with two attached hydrogens (primary N) is 1. The van der Waals surface area contributed by atoms with Gasteiger partial charge in [-0.25, -0.2) is 29.5 Å². The minimum Gasteiger partial charge on any atom is -0.481 e. The Labute approximate surface area is 350 Å². The van der Waals surface area contributed by atoms with Crippen molar-refractivity contribution in [1.29, 1.82) is 0 Å². The number of nitrogens with one attached hydrogen (secondary N) is 1. The molecule has 4 N–H and O–H groups in total. The van der Waals surface area contributed by atoms with Crippen molar-refractivity contribution in [3.63, 3.8) is 0 Å². The summed E-state index contributed by atoms with van der Waals surface area (Å²) in [7, 11) is 2.40. The van der Waals surface area contributed by atoms with Crippen molar-refractivity contribution in [3.8, 4) is 0 Å². The summed E-state index contributed by atoms with van der Waals surface area (Å²) < 4.78 is 18.0. The molecule has 1 atom stereocenters. The van der Waals surface area contributed by atoms with Crippen molar-refractivity contribution in [2.24, 2.45) is 0 Å². The zero-order valence-corrected chi connectivity index (χ0v) is 35.4. The van der Waals surface area contributed by atoms with Gasteiger partial charge in [-0.3, -0.25) is 19.6 Å². The number of halogens is 5. The first-order valence-corrected chi connectivity index (χ1v) is 19.4. The maximum atomic E-state index is 12.0. The van der Waals surface area contributed by atoms with E-state index < -0.39 is 23.8 Å². The van der Waals surface area contributed by atoms with E-state index in [1.165, 1.54) is 83.2 Å². The molecular weight excluding hydrogens is 857 g/mol. The van der Waals surface area contributed by atoms with E-state index in [1.807, 2.05) is 0 Å². The maximum absolute atomic E-state index is 12.0. The Bertz CT molecular complexity index is 1870. The van der Waals surface area contributed by atoms with Crippen molar-refractivity contribution in [1.82, 2.24) is 34.8 Å². The number of hydrogen-bond acceptors (Lipinski definition) is 15. The number of carboxylic acid groups (broad SMARTS) is 1. The Kier molecular flexibility index (Phi) is 27.8. The topological polar surface area (TPSA) is 243 Å². The summed E-state index contributed by atoms with van der Waals surface area (Å²) in [5.41, 5.74) is 5.97. The van der Waals surface area contributed by atoms with Crippen LogP contribution in [0.15, 0.2) is 49.3 Å². The number of aliphatic carboxylic acids is 1. The molecule has 0 saturated carbocycles. The molecule has 0 spiro atoms. The molecule has 24 heteroatoms. The van der Waals surface area contributed by atoms with E-state index in [0.717, 1.165) is 0 Å². The van der Waals surface area contributed by atoms with E-state index in [-0.39, 0.29) is 53.7 Å². The van der Waals surface area contributed by atoms with E-state index in [0.29, 0.717) is 28.3 Å². The van der Waals surface area contributed by atoms with Gasteiger partial charge in [0.2, 0.25) is 5.91 Å². The first-order chi connectivity index (χ1) is 26.6. The maximum Gasteiger partial charge on any atom is 0.309 e. The molecule has 1 amide bonds. The van der Waals surface area contributed by atoms with Crippen molar-refractivity contribution in [2.45, 2.75) is 33.6 Å². The molecular formula is C32H38BCl5N9O8P. The number of carboxylic acids is 1. The fourth-order valence-electron chi connectivity index (χ4n) is 3.57. The summed E-state index contributed by atoms with van der Waals surface area (Å²) in [5, 5.41) is 12.2. The van der Waals surface area contributed by atoms with Gasteiger partial charge in [0.1, 0.15) is 0 Å². The van der Waals surface area contributed by atoms with Crippen LogP contribution in [-0.4, -0.2) is 104 Å². The molecule has 0 fully saturated rings. The monoisotopic (exact) mass is 893 g/mol. The Balaban J connectivity index is 0.000000756. The van der Waals surface area contributed by atoms with Crippen LogP contribution in [0.5, 0.6) is 0 Å². The van der Waals surface area contributed by atoms with Crippen LogP contribution in [0.4, 0.5) is 11.6 Å². The summed E-state index contributed by atoms with van der Waals surface area (Å²) in [4.78, 5) is 69.9. The van der Waals surface area contributed by atoms with E-state index in [4.69, 9.17) is 73.2 Å². The fourth-order valence-corrected chi connectivity index (χ4v) is 4.46. The van der Waals surface area contributed by atoms with E-state index >= 15 is 0 Å². The summed E-state index contributed by atoms with van der Waals surface area (Å²) >= 11 is 27.8. The second-order valence-corrected chi connectivity index (χ2v) is 12.6. The molecule has 0 bridgehead atoms. The molecule has 4 heterocycles. The molecule has 4 rings (SSSR count). The smallest absolute Gasteiger partial charge is 0.309 e. The number of ether oxygens (including phenoxy) is 2. The third-order valence-corrected chi connectivity index (χ3v) is 7.67.